The molecule has 1 saturated heterocycles. The number of aliphatic hydroxyl groups excluding tert-OH is 1. The maximum Gasteiger partial charge on any atom is 0.140 e. The van der Waals surface area contributed by atoms with E-state index in [1.165, 1.54) is 17.7 Å². The second-order valence-electron chi connectivity index (χ2n) is 5.24. The van der Waals surface area contributed by atoms with Crippen molar-refractivity contribution < 1.29 is 5.11 Å². The van der Waals surface area contributed by atoms with Gasteiger partial charge in [-0.15, -0.1) is 11.3 Å². The number of rotatable bonds is 5. The van der Waals surface area contributed by atoms with Gasteiger partial charge in [-0.3, -0.25) is 0 Å². The minimum Gasteiger partial charge on any atom is -0.395 e. The molecule has 1 atom stereocenters. The lowest BCUT2D eigenvalue weighted by Gasteiger charge is -2.26. The molecule has 1 fully saturated rings. The molecule has 0 amide bonds. The molecule has 0 radical (unpaired) electrons. The van der Waals surface area contributed by atoms with Gasteiger partial charge in [-0.05, 0) is 32.4 Å². The number of aliphatic hydroxyl groups is 1. The van der Waals surface area contributed by atoms with E-state index in [4.69, 9.17) is 0 Å². The molecule has 0 saturated carbocycles. The topological polar surface area (TPSA) is 61.3 Å². The van der Waals surface area contributed by atoms with Crippen molar-refractivity contribution in [2.75, 3.05) is 31.1 Å². The van der Waals surface area contributed by atoms with Crippen LogP contribution < -0.4 is 10.2 Å². The Labute approximate surface area is 122 Å². The maximum absolute atomic E-state index is 9.35. The van der Waals surface area contributed by atoms with Crippen LogP contribution in [-0.4, -0.2) is 47.4 Å². The van der Waals surface area contributed by atoms with Gasteiger partial charge in [0.1, 0.15) is 17.0 Å². The third-order valence-electron chi connectivity index (χ3n) is 3.70. The molecule has 0 aliphatic carbocycles. The standard InChI is InChI=1S/C14H20N4OS/c1-10-7-12-13(16-9-17-14(12)20-10)18(5-6-19)8-11-3-2-4-15-11/h7,9,11,15,19H,2-6,8H2,1H3. The SMILES string of the molecule is Cc1cc2c(N(CCO)CC3CCCN3)ncnc2s1. The van der Waals surface area contributed by atoms with Gasteiger partial charge in [0.2, 0.25) is 0 Å². The summed E-state index contributed by atoms with van der Waals surface area (Å²) in [5.41, 5.74) is 0. The summed E-state index contributed by atoms with van der Waals surface area (Å²) < 4.78 is 0. The van der Waals surface area contributed by atoms with Crippen LogP contribution in [0.4, 0.5) is 5.82 Å². The van der Waals surface area contributed by atoms with Gasteiger partial charge in [0.05, 0.1) is 12.0 Å². The number of aryl methyl sites for hydroxylation is 1. The molecule has 3 rings (SSSR count). The van der Waals surface area contributed by atoms with E-state index in [2.05, 4.69) is 33.2 Å². The molecule has 1 unspecified atom stereocenters. The largest absolute Gasteiger partial charge is 0.395 e. The average Bonchev–Trinajstić information content (AvgIpc) is 3.05. The summed E-state index contributed by atoms with van der Waals surface area (Å²) in [7, 11) is 0. The molecule has 3 heterocycles. The van der Waals surface area contributed by atoms with Crippen LogP contribution in [0.15, 0.2) is 12.4 Å². The van der Waals surface area contributed by atoms with Gasteiger partial charge in [-0.25, -0.2) is 9.97 Å². The zero-order valence-electron chi connectivity index (χ0n) is 11.7. The van der Waals surface area contributed by atoms with E-state index < -0.39 is 0 Å². The molecular weight excluding hydrogens is 272 g/mol. The molecule has 6 heteroatoms. The van der Waals surface area contributed by atoms with Gasteiger partial charge in [0, 0.05) is 24.0 Å². The van der Waals surface area contributed by atoms with Crippen molar-refractivity contribution in [2.24, 2.45) is 0 Å². The van der Waals surface area contributed by atoms with Gasteiger partial charge in [0.25, 0.3) is 0 Å². The van der Waals surface area contributed by atoms with Crippen LogP contribution in [0.5, 0.6) is 0 Å². The Bertz CT molecular complexity index is 580. The summed E-state index contributed by atoms with van der Waals surface area (Å²) in [5.74, 6) is 0.946. The molecule has 2 aromatic heterocycles. The normalized spacial score (nSPS) is 18.8. The van der Waals surface area contributed by atoms with E-state index in [1.54, 1.807) is 17.7 Å². The summed E-state index contributed by atoms with van der Waals surface area (Å²) >= 11 is 1.69. The van der Waals surface area contributed by atoms with E-state index in [1.807, 2.05) is 0 Å². The van der Waals surface area contributed by atoms with Gasteiger partial charge in [-0.2, -0.15) is 0 Å². The first-order valence-electron chi connectivity index (χ1n) is 7.08. The first kappa shape index (κ1) is 13.7. The summed E-state index contributed by atoms with van der Waals surface area (Å²) in [6, 6.07) is 2.63. The number of aromatic nitrogens is 2. The molecule has 0 bridgehead atoms. The van der Waals surface area contributed by atoms with Crippen LogP contribution in [0, 0.1) is 6.92 Å². The van der Waals surface area contributed by atoms with E-state index in [0.29, 0.717) is 12.6 Å². The highest BCUT2D eigenvalue weighted by atomic mass is 32.1. The van der Waals surface area contributed by atoms with E-state index in [-0.39, 0.29) is 6.61 Å². The monoisotopic (exact) mass is 292 g/mol. The van der Waals surface area contributed by atoms with Crippen LogP contribution in [-0.2, 0) is 0 Å². The minimum absolute atomic E-state index is 0.140. The zero-order chi connectivity index (χ0) is 13.9. The highest BCUT2D eigenvalue weighted by Crippen LogP contribution is 2.30. The van der Waals surface area contributed by atoms with Crippen molar-refractivity contribution in [1.82, 2.24) is 15.3 Å². The molecule has 108 valence electrons. The number of thiophene rings is 1. The fourth-order valence-corrected chi connectivity index (χ4v) is 3.64. The second kappa shape index (κ2) is 6.03. The average molecular weight is 292 g/mol. The van der Waals surface area contributed by atoms with Crippen LogP contribution in [0.1, 0.15) is 17.7 Å². The lowest BCUT2D eigenvalue weighted by Crippen LogP contribution is -2.39. The van der Waals surface area contributed by atoms with Crippen molar-refractivity contribution in [3.8, 4) is 0 Å². The lowest BCUT2D eigenvalue weighted by atomic mass is 10.2. The second-order valence-corrected chi connectivity index (χ2v) is 6.47. The Morgan fingerprint density at radius 3 is 3.15 bits per heavy atom. The van der Waals surface area contributed by atoms with Gasteiger partial charge in [0.15, 0.2) is 0 Å². The molecular formula is C14H20N4OS. The molecule has 0 aromatic carbocycles. The Hall–Kier alpha value is -1.24. The lowest BCUT2D eigenvalue weighted by molar-refractivity contribution is 0.300. The van der Waals surface area contributed by atoms with Crippen molar-refractivity contribution in [2.45, 2.75) is 25.8 Å². The number of hydrogen-bond donors (Lipinski definition) is 2. The Kier molecular flexibility index (Phi) is 4.14. The summed E-state index contributed by atoms with van der Waals surface area (Å²) in [6.07, 6.45) is 4.05. The third-order valence-corrected chi connectivity index (χ3v) is 4.66. The van der Waals surface area contributed by atoms with Crippen molar-refractivity contribution in [3.05, 3.63) is 17.3 Å². The van der Waals surface area contributed by atoms with E-state index in [9.17, 15) is 5.11 Å². The molecule has 1 aliphatic heterocycles. The summed E-state index contributed by atoms with van der Waals surface area (Å²) in [5, 5.41) is 13.9. The van der Waals surface area contributed by atoms with Crippen LogP contribution in [0.25, 0.3) is 10.2 Å². The summed E-state index contributed by atoms with van der Waals surface area (Å²) in [4.78, 5) is 13.2. The molecule has 20 heavy (non-hydrogen) atoms. The Morgan fingerprint density at radius 2 is 2.40 bits per heavy atom. The Balaban J connectivity index is 1.91. The van der Waals surface area contributed by atoms with Crippen molar-refractivity contribution in [1.29, 1.82) is 0 Å². The fourth-order valence-electron chi connectivity index (χ4n) is 2.80. The number of hydrogen-bond acceptors (Lipinski definition) is 6. The predicted molar refractivity (Wildman–Crippen MR) is 82.5 cm³/mol. The Morgan fingerprint density at radius 1 is 1.50 bits per heavy atom. The highest BCUT2D eigenvalue weighted by molar-refractivity contribution is 7.18. The van der Waals surface area contributed by atoms with Crippen LogP contribution in [0.3, 0.4) is 0 Å². The van der Waals surface area contributed by atoms with E-state index >= 15 is 0 Å². The third kappa shape index (κ3) is 2.77. The minimum atomic E-state index is 0.140. The number of anilines is 1. The number of nitrogens with zero attached hydrogens (tertiary/aromatic N) is 3. The fraction of sp³-hybridized carbons (Fsp3) is 0.571. The summed E-state index contributed by atoms with van der Waals surface area (Å²) in [6.45, 7) is 4.82. The zero-order valence-corrected chi connectivity index (χ0v) is 12.5. The maximum atomic E-state index is 9.35. The quantitative estimate of drug-likeness (QED) is 0.875. The van der Waals surface area contributed by atoms with E-state index in [0.717, 1.165) is 29.1 Å². The van der Waals surface area contributed by atoms with Crippen molar-refractivity contribution >= 4 is 27.4 Å². The van der Waals surface area contributed by atoms with Gasteiger partial charge >= 0.3 is 0 Å². The molecule has 0 spiro atoms. The molecule has 5 nitrogen and oxygen atoms in total. The number of nitrogens with one attached hydrogen (secondary N) is 1. The number of fused-ring (bicyclic) bond motifs is 1. The van der Waals surface area contributed by atoms with Crippen molar-refractivity contribution in [3.63, 3.8) is 0 Å². The van der Waals surface area contributed by atoms with Crippen LogP contribution in [0.2, 0.25) is 0 Å². The first-order valence-corrected chi connectivity index (χ1v) is 7.90. The van der Waals surface area contributed by atoms with Crippen LogP contribution >= 0.6 is 11.3 Å². The molecule has 2 N–H and O–H groups in total. The highest BCUT2D eigenvalue weighted by Gasteiger charge is 2.20. The first-order chi connectivity index (χ1) is 9.78. The van der Waals surface area contributed by atoms with Gasteiger partial charge in [-0.1, -0.05) is 0 Å². The predicted octanol–water partition coefficient (Wildman–Crippen LogP) is 1.55. The smallest absolute Gasteiger partial charge is 0.140 e. The molecule has 2 aromatic rings. The molecule has 1 aliphatic rings. The van der Waals surface area contributed by atoms with Gasteiger partial charge < -0.3 is 15.3 Å².